The molecule has 16 heavy (non-hydrogen) atoms. The van der Waals surface area contributed by atoms with Gasteiger partial charge in [-0.05, 0) is 56.0 Å². The lowest BCUT2D eigenvalue weighted by Crippen LogP contribution is -2.35. The third-order valence-electron chi connectivity index (χ3n) is 3.30. The second kappa shape index (κ2) is 5.15. The summed E-state index contributed by atoms with van der Waals surface area (Å²) in [5.74, 6) is -0.235. The molecule has 1 aromatic rings. The molecular formula is C13H17ClFN. The van der Waals surface area contributed by atoms with Gasteiger partial charge in [0.25, 0.3) is 0 Å². The Balaban J connectivity index is 2.13. The molecule has 88 valence electrons. The lowest BCUT2D eigenvalue weighted by atomic mass is 9.95. The molecule has 1 atom stereocenters. The van der Waals surface area contributed by atoms with Crippen LogP contribution in [0.4, 0.5) is 4.39 Å². The summed E-state index contributed by atoms with van der Waals surface area (Å²) in [6.07, 6.45) is 4.57. The first-order valence-electron chi connectivity index (χ1n) is 5.84. The predicted octanol–water partition coefficient (Wildman–Crippen LogP) is 3.47. The Hall–Kier alpha value is -0.600. The first-order valence-corrected chi connectivity index (χ1v) is 6.22. The van der Waals surface area contributed by atoms with Gasteiger partial charge in [0.05, 0.1) is 0 Å². The molecule has 1 N–H and O–H groups in total. The van der Waals surface area contributed by atoms with Crippen LogP contribution in [-0.2, 0) is 6.42 Å². The molecule has 1 unspecified atom stereocenters. The molecule has 0 aliphatic carbocycles. The fraction of sp³-hybridized carbons (Fsp3) is 0.538. The SMILES string of the molecule is Cc1c(Cl)cc(F)cc1CC1CCCCN1. The molecular weight excluding hydrogens is 225 g/mol. The van der Waals surface area contributed by atoms with Crippen molar-refractivity contribution in [2.45, 2.75) is 38.6 Å². The molecule has 1 heterocycles. The van der Waals surface area contributed by atoms with E-state index in [1.54, 1.807) is 6.07 Å². The van der Waals surface area contributed by atoms with Gasteiger partial charge in [0.1, 0.15) is 5.82 Å². The van der Waals surface area contributed by atoms with Crippen molar-refractivity contribution in [1.82, 2.24) is 5.32 Å². The minimum Gasteiger partial charge on any atom is -0.314 e. The van der Waals surface area contributed by atoms with Gasteiger partial charge in [0, 0.05) is 11.1 Å². The van der Waals surface area contributed by atoms with Gasteiger partial charge in [-0.2, -0.15) is 0 Å². The Bertz CT molecular complexity index is 372. The highest BCUT2D eigenvalue weighted by Gasteiger charge is 2.15. The monoisotopic (exact) mass is 241 g/mol. The second-order valence-electron chi connectivity index (χ2n) is 4.52. The molecule has 0 saturated carbocycles. The third kappa shape index (κ3) is 2.74. The quantitative estimate of drug-likeness (QED) is 0.836. The van der Waals surface area contributed by atoms with Gasteiger partial charge in [-0.25, -0.2) is 4.39 Å². The van der Waals surface area contributed by atoms with Crippen LogP contribution < -0.4 is 5.32 Å². The molecule has 1 aliphatic rings. The number of piperidine rings is 1. The average molecular weight is 242 g/mol. The lowest BCUT2D eigenvalue weighted by molar-refractivity contribution is 0.398. The fourth-order valence-electron chi connectivity index (χ4n) is 2.27. The van der Waals surface area contributed by atoms with E-state index in [1.807, 2.05) is 6.92 Å². The summed E-state index contributed by atoms with van der Waals surface area (Å²) in [7, 11) is 0. The van der Waals surface area contributed by atoms with Crippen LogP contribution in [0.2, 0.25) is 5.02 Å². The predicted molar refractivity (Wildman–Crippen MR) is 65.5 cm³/mol. The zero-order valence-corrected chi connectivity index (χ0v) is 10.3. The van der Waals surface area contributed by atoms with Crippen molar-refractivity contribution in [3.8, 4) is 0 Å². The number of benzene rings is 1. The number of hydrogen-bond donors (Lipinski definition) is 1. The van der Waals surface area contributed by atoms with Gasteiger partial charge < -0.3 is 5.32 Å². The first-order chi connectivity index (χ1) is 7.66. The van der Waals surface area contributed by atoms with E-state index in [0.29, 0.717) is 11.1 Å². The van der Waals surface area contributed by atoms with Crippen LogP contribution >= 0.6 is 11.6 Å². The number of halogens is 2. The topological polar surface area (TPSA) is 12.0 Å². The molecule has 1 nitrogen and oxygen atoms in total. The third-order valence-corrected chi connectivity index (χ3v) is 3.69. The zero-order chi connectivity index (χ0) is 11.5. The Kier molecular flexibility index (Phi) is 3.82. The van der Waals surface area contributed by atoms with Gasteiger partial charge in [-0.1, -0.05) is 18.0 Å². The molecule has 0 aromatic heterocycles. The Morgan fingerprint density at radius 3 is 2.94 bits per heavy atom. The minimum atomic E-state index is -0.235. The van der Waals surface area contributed by atoms with Crippen molar-refractivity contribution in [3.05, 3.63) is 34.1 Å². The largest absolute Gasteiger partial charge is 0.314 e. The van der Waals surface area contributed by atoms with E-state index >= 15 is 0 Å². The van der Waals surface area contributed by atoms with Crippen molar-refractivity contribution < 1.29 is 4.39 Å². The molecule has 0 spiro atoms. The van der Waals surface area contributed by atoms with Gasteiger partial charge in [0.15, 0.2) is 0 Å². The van der Waals surface area contributed by atoms with Crippen LogP contribution in [0.1, 0.15) is 30.4 Å². The van der Waals surface area contributed by atoms with Gasteiger partial charge in [-0.3, -0.25) is 0 Å². The standard InChI is InChI=1S/C13H17ClFN/c1-9-10(6-11(15)8-13(9)14)7-12-4-2-3-5-16-12/h6,8,12,16H,2-5,7H2,1H3. The summed E-state index contributed by atoms with van der Waals surface area (Å²) in [5.41, 5.74) is 2.04. The maximum absolute atomic E-state index is 13.3. The van der Waals surface area contributed by atoms with Crippen molar-refractivity contribution in [3.63, 3.8) is 0 Å². The molecule has 0 radical (unpaired) electrons. The molecule has 1 aromatic carbocycles. The van der Waals surface area contributed by atoms with Gasteiger partial charge >= 0.3 is 0 Å². The summed E-state index contributed by atoms with van der Waals surface area (Å²) in [4.78, 5) is 0. The Morgan fingerprint density at radius 1 is 1.44 bits per heavy atom. The number of rotatable bonds is 2. The van der Waals surface area contributed by atoms with Crippen molar-refractivity contribution in [1.29, 1.82) is 0 Å². The van der Waals surface area contributed by atoms with E-state index in [1.165, 1.54) is 25.3 Å². The van der Waals surface area contributed by atoms with E-state index in [2.05, 4.69) is 5.32 Å². The molecule has 1 aliphatic heterocycles. The van der Waals surface area contributed by atoms with Crippen LogP contribution in [0, 0.1) is 12.7 Å². The van der Waals surface area contributed by atoms with E-state index in [-0.39, 0.29) is 5.82 Å². The lowest BCUT2D eigenvalue weighted by Gasteiger charge is -2.24. The van der Waals surface area contributed by atoms with E-state index in [9.17, 15) is 4.39 Å². The summed E-state index contributed by atoms with van der Waals surface area (Å²) >= 11 is 5.98. The van der Waals surface area contributed by atoms with Crippen LogP contribution in [-0.4, -0.2) is 12.6 Å². The minimum absolute atomic E-state index is 0.235. The van der Waals surface area contributed by atoms with Gasteiger partial charge in [-0.15, -0.1) is 0 Å². The molecule has 3 heteroatoms. The summed E-state index contributed by atoms with van der Waals surface area (Å²) in [6.45, 7) is 3.03. The molecule has 0 amide bonds. The Morgan fingerprint density at radius 2 is 2.25 bits per heavy atom. The average Bonchev–Trinajstić information content (AvgIpc) is 2.27. The van der Waals surface area contributed by atoms with Crippen molar-refractivity contribution in [2.75, 3.05) is 6.54 Å². The van der Waals surface area contributed by atoms with E-state index in [4.69, 9.17) is 11.6 Å². The van der Waals surface area contributed by atoms with E-state index in [0.717, 1.165) is 24.1 Å². The summed E-state index contributed by atoms with van der Waals surface area (Å²) < 4.78 is 13.3. The second-order valence-corrected chi connectivity index (χ2v) is 4.93. The summed E-state index contributed by atoms with van der Waals surface area (Å²) in [6, 6.07) is 3.47. The molecule has 2 rings (SSSR count). The highest BCUT2D eigenvalue weighted by molar-refractivity contribution is 6.31. The fourth-order valence-corrected chi connectivity index (χ4v) is 2.50. The summed E-state index contributed by atoms with van der Waals surface area (Å²) in [5, 5.41) is 4.00. The first kappa shape index (κ1) is 11.9. The number of nitrogens with one attached hydrogen (secondary N) is 1. The maximum atomic E-state index is 13.3. The number of hydrogen-bond acceptors (Lipinski definition) is 1. The van der Waals surface area contributed by atoms with Crippen LogP contribution in [0.3, 0.4) is 0 Å². The van der Waals surface area contributed by atoms with Crippen LogP contribution in [0.15, 0.2) is 12.1 Å². The zero-order valence-electron chi connectivity index (χ0n) is 9.52. The van der Waals surface area contributed by atoms with Crippen LogP contribution in [0.5, 0.6) is 0 Å². The molecule has 0 bridgehead atoms. The van der Waals surface area contributed by atoms with Gasteiger partial charge in [0.2, 0.25) is 0 Å². The Labute approximate surface area is 101 Å². The highest BCUT2D eigenvalue weighted by atomic mass is 35.5. The molecule has 1 fully saturated rings. The van der Waals surface area contributed by atoms with E-state index < -0.39 is 0 Å². The maximum Gasteiger partial charge on any atom is 0.124 e. The normalized spacial score (nSPS) is 21.1. The van der Waals surface area contributed by atoms with Crippen LogP contribution in [0.25, 0.3) is 0 Å². The highest BCUT2D eigenvalue weighted by Crippen LogP contribution is 2.23. The van der Waals surface area contributed by atoms with Crippen molar-refractivity contribution >= 4 is 11.6 Å². The van der Waals surface area contributed by atoms with Crippen molar-refractivity contribution in [2.24, 2.45) is 0 Å². The smallest absolute Gasteiger partial charge is 0.124 e. The molecule has 1 saturated heterocycles.